The van der Waals surface area contributed by atoms with E-state index in [1.165, 1.54) is 41.1 Å². The van der Waals surface area contributed by atoms with E-state index in [1.54, 1.807) is 0 Å². The van der Waals surface area contributed by atoms with Gasteiger partial charge in [-0.1, -0.05) is 140 Å². The molecule has 0 amide bonds. The number of hydrogen-bond donors (Lipinski definition) is 0. The van der Waals surface area contributed by atoms with Crippen LogP contribution in [0.3, 0.4) is 0 Å². The van der Waals surface area contributed by atoms with E-state index in [0.717, 1.165) is 39.1 Å². The number of aromatic nitrogens is 4. The van der Waals surface area contributed by atoms with Crippen molar-refractivity contribution in [2.24, 2.45) is 0 Å². The highest BCUT2D eigenvalue weighted by Crippen LogP contribution is 2.73. The first kappa shape index (κ1) is 33.2. The Morgan fingerprint density at radius 2 is 0.702 bits per heavy atom. The van der Waals surface area contributed by atoms with Gasteiger partial charge >= 0.3 is 0 Å². The molecule has 3 aromatic heterocycles. The maximum Gasteiger partial charge on any atom is 0.237 e. The summed E-state index contributed by atoms with van der Waals surface area (Å²) < 4.78 is 4.52. The molecule has 11 aromatic rings. The van der Waals surface area contributed by atoms with Crippen LogP contribution in [0.5, 0.6) is 0 Å². The molecule has 0 unspecified atom stereocenters. The Hall–Kier alpha value is -7.21. The zero-order chi connectivity index (χ0) is 37.8. The van der Waals surface area contributed by atoms with Gasteiger partial charge in [0.15, 0.2) is 0 Å². The molecule has 3 heterocycles. The predicted octanol–water partition coefficient (Wildman–Crippen LogP) is 13.7. The van der Waals surface area contributed by atoms with Crippen LogP contribution in [0.2, 0.25) is 0 Å². The number of para-hydroxylation sites is 4. The number of nitrogens with zero attached hydrogens (tertiary/aromatic N) is 4. The van der Waals surface area contributed by atoms with E-state index >= 15 is 0 Å². The van der Waals surface area contributed by atoms with Gasteiger partial charge in [-0.2, -0.15) is 4.98 Å². The second-order valence-electron chi connectivity index (χ2n) is 14.2. The lowest BCUT2D eigenvalue weighted by molar-refractivity contribution is 0.952. The maximum absolute atomic E-state index is 5.51. The van der Waals surface area contributed by atoms with Crippen molar-refractivity contribution in [1.29, 1.82) is 0 Å². The Morgan fingerprint density at radius 3 is 1.16 bits per heavy atom. The summed E-state index contributed by atoms with van der Waals surface area (Å²) in [7, 11) is -1.92. The molecule has 0 N–H and O–H groups in total. The highest BCUT2D eigenvalue weighted by molar-refractivity contribution is 8.34. The molecule has 8 aromatic carbocycles. The van der Waals surface area contributed by atoms with Crippen LogP contribution < -0.4 is 0 Å². The van der Waals surface area contributed by atoms with Gasteiger partial charge < -0.3 is 0 Å². The van der Waals surface area contributed by atoms with Crippen LogP contribution in [0.25, 0.3) is 66.6 Å². The third-order valence-corrected chi connectivity index (χ3v) is 15.0. The van der Waals surface area contributed by atoms with Crippen molar-refractivity contribution in [2.45, 2.75) is 19.6 Å². The molecule has 270 valence electrons. The second kappa shape index (κ2) is 13.5. The maximum atomic E-state index is 5.51. The Labute approximate surface area is 332 Å². The molecule has 0 aliphatic rings. The molecule has 0 atom stereocenters. The molecular weight excluding hydrogens is 713 g/mol. The first-order chi connectivity index (χ1) is 28.3. The van der Waals surface area contributed by atoms with Gasteiger partial charge in [-0.3, -0.25) is 9.13 Å². The van der Waals surface area contributed by atoms with Crippen molar-refractivity contribution >= 4 is 53.6 Å². The standard InChI is InChI=1S/C52H36N4S/c1-4-20-38(21-5-1)57(39-22-6-2-7-23-39,40-24-8-3-9-25-40)41-26-18-19-37(35-41)46-36-51(55-47-31-14-10-27-42(47)43-28-11-15-32-48(43)55)54-52(53-46)56-49-33-16-12-29-44(49)45-30-13-17-34-50(45)56/h1-36H. The molecular formula is C52H36N4S. The Balaban J connectivity index is 1.22. The van der Waals surface area contributed by atoms with Crippen LogP contribution in [0.4, 0.5) is 0 Å². The van der Waals surface area contributed by atoms with Gasteiger partial charge in [-0.25, -0.2) is 4.98 Å². The average Bonchev–Trinajstić information content (AvgIpc) is 3.81. The summed E-state index contributed by atoms with van der Waals surface area (Å²) >= 11 is 0. The summed E-state index contributed by atoms with van der Waals surface area (Å²) in [5, 5.41) is 4.72. The highest BCUT2D eigenvalue weighted by Gasteiger charge is 2.33. The van der Waals surface area contributed by atoms with Crippen LogP contribution in [0.1, 0.15) is 0 Å². The Morgan fingerprint density at radius 1 is 0.316 bits per heavy atom. The Kier molecular flexibility index (Phi) is 7.86. The molecule has 0 aliphatic carbocycles. The van der Waals surface area contributed by atoms with E-state index in [1.807, 2.05) is 0 Å². The Bertz CT molecular complexity index is 2910. The lowest BCUT2D eigenvalue weighted by Gasteiger charge is -2.42. The minimum Gasteiger partial charge on any atom is -0.294 e. The lowest BCUT2D eigenvalue weighted by atomic mass is 10.1. The average molecular weight is 749 g/mol. The van der Waals surface area contributed by atoms with Gasteiger partial charge in [0.1, 0.15) is 5.82 Å². The molecule has 0 bridgehead atoms. The van der Waals surface area contributed by atoms with Gasteiger partial charge in [0.25, 0.3) is 0 Å². The number of fused-ring (bicyclic) bond motifs is 6. The summed E-state index contributed by atoms with van der Waals surface area (Å²) in [6.45, 7) is 0. The van der Waals surface area contributed by atoms with Crippen molar-refractivity contribution in [3.05, 3.63) is 218 Å². The minimum absolute atomic E-state index is 0.625. The molecule has 0 aliphatic heterocycles. The zero-order valence-corrected chi connectivity index (χ0v) is 31.8. The molecule has 0 radical (unpaired) electrons. The molecule has 0 spiro atoms. The van der Waals surface area contributed by atoms with Crippen molar-refractivity contribution in [2.75, 3.05) is 0 Å². The first-order valence-electron chi connectivity index (χ1n) is 19.2. The largest absolute Gasteiger partial charge is 0.294 e. The van der Waals surface area contributed by atoms with Gasteiger partial charge in [0.2, 0.25) is 5.95 Å². The zero-order valence-electron chi connectivity index (χ0n) is 31.0. The smallest absolute Gasteiger partial charge is 0.237 e. The summed E-state index contributed by atoms with van der Waals surface area (Å²) in [6.07, 6.45) is 0. The third kappa shape index (κ3) is 5.24. The van der Waals surface area contributed by atoms with Crippen LogP contribution in [0, 0.1) is 0 Å². The fourth-order valence-corrected chi connectivity index (χ4v) is 12.5. The summed E-state index contributed by atoms with van der Waals surface area (Å²) in [6, 6.07) is 78.6. The fourth-order valence-electron chi connectivity index (χ4n) is 8.63. The monoisotopic (exact) mass is 748 g/mol. The van der Waals surface area contributed by atoms with E-state index < -0.39 is 10.0 Å². The number of benzene rings is 8. The van der Waals surface area contributed by atoms with Crippen LogP contribution in [0.15, 0.2) is 238 Å². The van der Waals surface area contributed by atoms with Gasteiger partial charge in [-0.15, -0.1) is 10.0 Å². The molecule has 0 fully saturated rings. The van der Waals surface area contributed by atoms with E-state index in [9.17, 15) is 0 Å². The number of rotatable bonds is 7. The second-order valence-corrected chi connectivity index (χ2v) is 17.3. The number of hydrogen-bond acceptors (Lipinski definition) is 2. The van der Waals surface area contributed by atoms with Crippen LogP contribution >= 0.6 is 10.0 Å². The van der Waals surface area contributed by atoms with Crippen molar-refractivity contribution < 1.29 is 0 Å². The molecule has 5 heteroatoms. The predicted molar refractivity (Wildman–Crippen MR) is 236 cm³/mol. The molecule has 57 heavy (non-hydrogen) atoms. The fraction of sp³-hybridized carbons (Fsp3) is 0. The molecule has 4 nitrogen and oxygen atoms in total. The lowest BCUT2D eigenvalue weighted by Crippen LogP contribution is -2.08. The summed E-state index contributed by atoms with van der Waals surface area (Å²) in [5.74, 6) is 1.44. The van der Waals surface area contributed by atoms with Gasteiger partial charge in [0, 0.05) is 52.8 Å². The van der Waals surface area contributed by atoms with Crippen molar-refractivity contribution in [3.8, 4) is 23.0 Å². The van der Waals surface area contributed by atoms with Crippen LogP contribution in [-0.4, -0.2) is 19.1 Å². The van der Waals surface area contributed by atoms with E-state index in [2.05, 4.69) is 228 Å². The topological polar surface area (TPSA) is 35.6 Å². The van der Waals surface area contributed by atoms with E-state index in [0.29, 0.717) is 5.95 Å². The van der Waals surface area contributed by atoms with E-state index in [4.69, 9.17) is 9.97 Å². The quantitative estimate of drug-likeness (QED) is 0.163. The van der Waals surface area contributed by atoms with Gasteiger partial charge in [0.05, 0.1) is 27.8 Å². The third-order valence-electron chi connectivity index (χ3n) is 11.1. The van der Waals surface area contributed by atoms with Crippen molar-refractivity contribution in [1.82, 2.24) is 19.1 Å². The van der Waals surface area contributed by atoms with Crippen LogP contribution in [-0.2, 0) is 0 Å². The SMILES string of the molecule is c1ccc(S(c2ccccc2)(c2ccccc2)c2cccc(-c3cc(-n4c5ccccc5c5ccccc54)nc(-n4c5ccccc5c5ccccc54)n3)c2)cc1. The first-order valence-corrected chi connectivity index (χ1v) is 20.9. The highest BCUT2D eigenvalue weighted by atomic mass is 32.3. The van der Waals surface area contributed by atoms with Gasteiger partial charge in [-0.05, 0) is 72.8 Å². The normalized spacial score (nSPS) is 12.1. The molecule has 0 saturated heterocycles. The summed E-state index contributed by atoms with van der Waals surface area (Å²) in [5.41, 5.74) is 6.22. The molecule has 11 rings (SSSR count). The van der Waals surface area contributed by atoms with E-state index in [-0.39, 0.29) is 0 Å². The van der Waals surface area contributed by atoms with Crippen molar-refractivity contribution in [3.63, 3.8) is 0 Å². The summed E-state index contributed by atoms with van der Waals surface area (Å²) in [4.78, 5) is 16.1. The molecule has 0 saturated carbocycles. The minimum atomic E-state index is -1.92.